The Morgan fingerprint density at radius 3 is 2.70 bits per heavy atom. The van der Waals surface area contributed by atoms with Gasteiger partial charge < -0.3 is 10.1 Å². The maximum Gasteiger partial charge on any atom is 0.220 e. The average molecular weight is 361 g/mol. The fourth-order valence-electron chi connectivity index (χ4n) is 2.59. The van der Waals surface area contributed by atoms with Crippen LogP contribution in [-0.4, -0.2) is 56.2 Å². The highest BCUT2D eigenvalue weighted by Gasteiger charge is 2.30. The lowest BCUT2D eigenvalue weighted by atomic mass is 10.2. The highest BCUT2D eigenvalue weighted by atomic mass is 32.2. The Hall–Kier alpha value is -0.960. The standard InChI is InChI=1S/C15H24N2O4S2/c1-12-9-17(10-13(2)21-12)23(19,20)8-6-16-15(18)4-3-14-5-7-22-11-14/h5,7,11-13H,3-4,6,8-10H2,1-2H3,(H,16,18). The van der Waals surface area contributed by atoms with Crippen LogP contribution in [0, 0.1) is 0 Å². The van der Waals surface area contributed by atoms with Crippen LogP contribution in [-0.2, 0) is 26.0 Å². The second-order valence-corrected chi connectivity index (χ2v) is 8.74. The summed E-state index contributed by atoms with van der Waals surface area (Å²) in [5.41, 5.74) is 1.13. The molecule has 0 spiro atoms. The molecule has 130 valence electrons. The predicted octanol–water partition coefficient (Wildman–Crippen LogP) is 1.24. The van der Waals surface area contributed by atoms with Crippen LogP contribution in [0.4, 0.5) is 0 Å². The van der Waals surface area contributed by atoms with Crippen molar-refractivity contribution < 1.29 is 17.9 Å². The zero-order valence-electron chi connectivity index (χ0n) is 13.5. The van der Waals surface area contributed by atoms with Gasteiger partial charge in [0, 0.05) is 26.1 Å². The van der Waals surface area contributed by atoms with E-state index in [0.29, 0.717) is 25.9 Å². The van der Waals surface area contributed by atoms with Crippen LogP contribution in [0.2, 0.25) is 0 Å². The Labute approximate surface area is 141 Å². The lowest BCUT2D eigenvalue weighted by molar-refractivity contribution is -0.120. The van der Waals surface area contributed by atoms with Crippen molar-refractivity contribution in [1.29, 1.82) is 0 Å². The van der Waals surface area contributed by atoms with Gasteiger partial charge in [0.05, 0.1) is 18.0 Å². The Kier molecular flexibility index (Phi) is 6.58. The molecule has 2 heterocycles. The molecule has 2 atom stereocenters. The first-order chi connectivity index (χ1) is 10.9. The van der Waals surface area contributed by atoms with Gasteiger partial charge in [0.2, 0.25) is 15.9 Å². The molecule has 2 unspecified atom stereocenters. The first kappa shape index (κ1) is 18.4. The van der Waals surface area contributed by atoms with E-state index < -0.39 is 10.0 Å². The molecule has 1 aromatic heterocycles. The van der Waals surface area contributed by atoms with Crippen LogP contribution in [0.5, 0.6) is 0 Å². The van der Waals surface area contributed by atoms with Crippen LogP contribution < -0.4 is 5.32 Å². The molecule has 0 aliphatic carbocycles. The molecule has 1 fully saturated rings. The van der Waals surface area contributed by atoms with E-state index >= 15 is 0 Å². The number of hydrogen-bond acceptors (Lipinski definition) is 5. The van der Waals surface area contributed by atoms with Gasteiger partial charge in [0.1, 0.15) is 0 Å². The number of ether oxygens (including phenoxy) is 1. The maximum atomic E-state index is 12.3. The monoisotopic (exact) mass is 360 g/mol. The number of aryl methyl sites for hydroxylation is 1. The topological polar surface area (TPSA) is 75.7 Å². The van der Waals surface area contributed by atoms with Crippen molar-refractivity contribution in [2.45, 2.75) is 38.9 Å². The lowest BCUT2D eigenvalue weighted by Gasteiger charge is -2.34. The van der Waals surface area contributed by atoms with Crippen LogP contribution in [0.25, 0.3) is 0 Å². The summed E-state index contributed by atoms with van der Waals surface area (Å²) in [5, 5.41) is 6.68. The van der Waals surface area contributed by atoms with Gasteiger partial charge in [-0.15, -0.1) is 0 Å². The summed E-state index contributed by atoms with van der Waals surface area (Å²) in [4.78, 5) is 11.8. The minimum absolute atomic E-state index is 0.0728. The quantitative estimate of drug-likeness (QED) is 0.794. The number of morpholine rings is 1. The fraction of sp³-hybridized carbons (Fsp3) is 0.667. The van der Waals surface area contributed by atoms with Crippen molar-refractivity contribution in [2.75, 3.05) is 25.4 Å². The highest BCUT2D eigenvalue weighted by molar-refractivity contribution is 7.89. The largest absolute Gasteiger partial charge is 0.373 e. The number of sulfonamides is 1. The van der Waals surface area contributed by atoms with Gasteiger partial charge >= 0.3 is 0 Å². The number of amides is 1. The third-order valence-corrected chi connectivity index (χ3v) is 6.22. The van der Waals surface area contributed by atoms with Gasteiger partial charge in [-0.2, -0.15) is 15.6 Å². The summed E-state index contributed by atoms with van der Waals surface area (Å²) in [7, 11) is -3.36. The molecule has 0 radical (unpaired) electrons. The van der Waals surface area contributed by atoms with Crippen LogP contribution in [0.3, 0.4) is 0 Å². The SMILES string of the molecule is CC1CN(S(=O)(=O)CCNC(=O)CCc2ccsc2)CC(C)O1. The summed E-state index contributed by atoms with van der Waals surface area (Å²) in [5.74, 6) is -0.188. The molecule has 1 aromatic rings. The molecular formula is C15H24N2O4S2. The molecule has 0 bridgehead atoms. The van der Waals surface area contributed by atoms with E-state index in [2.05, 4.69) is 5.32 Å². The van der Waals surface area contributed by atoms with E-state index in [1.807, 2.05) is 30.7 Å². The fourth-order valence-corrected chi connectivity index (χ4v) is 4.78. The second-order valence-electron chi connectivity index (χ2n) is 5.87. The summed E-state index contributed by atoms with van der Waals surface area (Å²) >= 11 is 1.60. The van der Waals surface area contributed by atoms with Crippen LogP contribution in [0.1, 0.15) is 25.8 Å². The molecule has 23 heavy (non-hydrogen) atoms. The number of carbonyl (C=O) groups excluding carboxylic acids is 1. The van der Waals surface area contributed by atoms with Gasteiger partial charge in [-0.1, -0.05) is 0 Å². The summed E-state index contributed by atoms with van der Waals surface area (Å²) in [6.45, 7) is 4.62. The highest BCUT2D eigenvalue weighted by Crippen LogP contribution is 2.14. The van der Waals surface area contributed by atoms with Crippen molar-refractivity contribution in [2.24, 2.45) is 0 Å². The van der Waals surface area contributed by atoms with Crippen molar-refractivity contribution >= 4 is 27.3 Å². The van der Waals surface area contributed by atoms with E-state index in [1.54, 1.807) is 11.3 Å². The normalized spacial score (nSPS) is 22.9. The molecule has 2 rings (SSSR count). The molecule has 1 amide bonds. The molecule has 1 aliphatic rings. The lowest BCUT2D eigenvalue weighted by Crippen LogP contribution is -2.49. The Bertz CT molecular complexity index is 591. The van der Waals surface area contributed by atoms with Crippen molar-refractivity contribution in [3.8, 4) is 0 Å². The molecule has 8 heteroatoms. The number of hydrogen-bond donors (Lipinski definition) is 1. The van der Waals surface area contributed by atoms with Crippen molar-refractivity contribution in [3.63, 3.8) is 0 Å². The van der Waals surface area contributed by atoms with Gasteiger partial charge in [-0.05, 0) is 42.7 Å². The Balaban J connectivity index is 1.72. The smallest absolute Gasteiger partial charge is 0.220 e. The third-order valence-electron chi connectivity index (χ3n) is 3.68. The van der Waals surface area contributed by atoms with E-state index in [0.717, 1.165) is 5.56 Å². The molecule has 1 saturated heterocycles. The van der Waals surface area contributed by atoms with Gasteiger partial charge in [-0.3, -0.25) is 4.79 Å². The van der Waals surface area contributed by atoms with Crippen molar-refractivity contribution in [1.82, 2.24) is 9.62 Å². The summed E-state index contributed by atoms with van der Waals surface area (Å²) in [6.07, 6.45) is 0.852. The van der Waals surface area contributed by atoms with E-state index in [9.17, 15) is 13.2 Å². The summed E-state index contributed by atoms with van der Waals surface area (Å²) in [6, 6.07) is 1.99. The van der Waals surface area contributed by atoms with E-state index in [4.69, 9.17) is 4.74 Å². The van der Waals surface area contributed by atoms with Gasteiger partial charge in [0.25, 0.3) is 0 Å². The van der Waals surface area contributed by atoms with Crippen LogP contribution >= 0.6 is 11.3 Å². The maximum absolute atomic E-state index is 12.3. The zero-order valence-corrected chi connectivity index (χ0v) is 15.2. The van der Waals surface area contributed by atoms with Crippen molar-refractivity contribution in [3.05, 3.63) is 22.4 Å². The number of nitrogens with zero attached hydrogens (tertiary/aromatic N) is 1. The average Bonchev–Trinajstić information content (AvgIpc) is 2.97. The van der Waals surface area contributed by atoms with E-state index in [1.165, 1.54) is 4.31 Å². The number of rotatable bonds is 7. The number of thiophene rings is 1. The third kappa shape index (κ3) is 5.87. The van der Waals surface area contributed by atoms with Gasteiger partial charge in [0.15, 0.2) is 0 Å². The van der Waals surface area contributed by atoms with Crippen LogP contribution in [0.15, 0.2) is 16.8 Å². The second kappa shape index (κ2) is 8.23. The number of carbonyl (C=O) groups is 1. The molecule has 0 aromatic carbocycles. The van der Waals surface area contributed by atoms with Gasteiger partial charge in [-0.25, -0.2) is 8.42 Å². The minimum Gasteiger partial charge on any atom is -0.373 e. The molecule has 1 aliphatic heterocycles. The zero-order chi connectivity index (χ0) is 16.9. The van der Waals surface area contributed by atoms with E-state index in [-0.39, 0.29) is 30.4 Å². The Morgan fingerprint density at radius 1 is 1.39 bits per heavy atom. The molecule has 0 saturated carbocycles. The molecule has 6 nitrogen and oxygen atoms in total. The first-order valence-electron chi connectivity index (χ1n) is 7.78. The first-order valence-corrected chi connectivity index (χ1v) is 10.3. The predicted molar refractivity (Wildman–Crippen MR) is 91.0 cm³/mol. The minimum atomic E-state index is -3.36. The summed E-state index contributed by atoms with van der Waals surface area (Å²) < 4.78 is 31.7. The number of nitrogens with one attached hydrogen (secondary N) is 1. The molecule has 1 N–H and O–H groups in total. The molecular weight excluding hydrogens is 336 g/mol. The Morgan fingerprint density at radius 2 is 2.09 bits per heavy atom.